The number of benzene rings is 2. The van der Waals surface area contributed by atoms with Crippen LogP contribution >= 0.6 is 0 Å². The summed E-state index contributed by atoms with van der Waals surface area (Å²) in [6.45, 7) is 11.8. The summed E-state index contributed by atoms with van der Waals surface area (Å²) in [6.07, 6.45) is 2.15. The van der Waals surface area contributed by atoms with Crippen molar-refractivity contribution in [1.29, 1.82) is 5.26 Å². The monoisotopic (exact) mass is 464 g/mol. The molecule has 9 heteroatoms. The summed E-state index contributed by atoms with van der Waals surface area (Å²) in [4.78, 5) is 25.9. The van der Waals surface area contributed by atoms with Gasteiger partial charge in [0, 0.05) is 36.3 Å². The lowest BCUT2D eigenvalue weighted by Gasteiger charge is -2.29. The second kappa shape index (κ2) is 11.9. The largest absolute Gasteiger partial charge is 0.372 e. The number of nitro groups is 1. The first-order chi connectivity index (χ1) is 16.3. The zero-order valence-electron chi connectivity index (χ0n) is 20.5. The average molecular weight is 465 g/mol. The van der Waals surface area contributed by atoms with E-state index in [9.17, 15) is 20.2 Å². The zero-order valence-corrected chi connectivity index (χ0v) is 20.5. The smallest absolute Gasteiger partial charge is 0.270 e. The molecule has 2 rings (SSSR count). The van der Waals surface area contributed by atoms with Gasteiger partial charge in [-0.25, -0.2) is 0 Å². The fourth-order valence-electron chi connectivity index (χ4n) is 3.91. The lowest BCUT2D eigenvalue weighted by atomic mass is 9.79. The average Bonchev–Trinajstić information content (AvgIpc) is 2.85. The van der Waals surface area contributed by atoms with Gasteiger partial charge in [-0.15, -0.1) is 10.2 Å². The van der Waals surface area contributed by atoms with Crippen LogP contribution in [0.5, 0.6) is 0 Å². The van der Waals surface area contributed by atoms with Gasteiger partial charge in [-0.05, 0) is 57.4 Å². The number of carbonyl (C=O) groups excluding carboxylic acids is 1. The predicted molar refractivity (Wildman–Crippen MR) is 134 cm³/mol. The number of rotatable bonds is 11. The third-order valence-electron chi connectivity index (χ3n) is 6.45. The summed E-state index contributed by atoms with van der Waals surface area (Å²) in [5, 5.41) is 31.9. The Labute approximate surface area is 200 Å². The summed E-state index contributed by atoms with van der Waals surface area (Å²) in [5.74, 6) is -0.0683. The zero-order chi connectivity index (χ0) is 25.3. The number of nitrogens with zero attached hydrogens (tertiary/aromatic N) is 5. The minimum Gasteiger partial charge on any atom is -0.372 e. The molecule has 0 aromatic heterocycles. The normalized spacial score (nSPS) is 11.3. The molecule has 0 bridgehead atoms. The number of carbonyl (C=O) groups is 1. The molecule has 0 aliphatic carbocycles. The summed E-state index contributed by atoms with van der Waals surface area (Å²) < 4.78 is 0. The molecular weight excluding hydrogens is 432 g/mol. The van der Waals surface area contributed by atoms with Gasteiger partial charge >= 0.3 is 0 Å². The molecule has 0 fully saturated rings. The third-order valence-corrected chi connectivity index (χ3v) is 6.45. The maximum atomic E-state index is 13.3. The first kappa shape index (κ1) is 26.5. The number of nitriles is 1. The minimum atomic E-state index is -0.567. The number of amides is 1. The van der Waals surface area contributed by atoms with E-state index in [1.54, 1.807) is 6.07 Å². The SMILES string of the molecule is CCN(CC)c1ccc(N=Nc2ccc([N+](=O)[O-])cc2C#N)c(NC(=O)C(CC)(CC)CC)c1. The Morgan fingerprint density at radius 2 is 1.62 bits per heavy atom. The van der Waals surface area contributed by atoms with Crippen LogP contribution < -0.4 is 10.2 Å². The Morgan fingerprint density at radius 1 is 1.03 bits per heavy atom. The predicted octanol–water partition coefficient (Wildman–Crippen LogP) is 6.88. The molecule has 180 valence electrons. The van der Waals surface area contributed by atoms with Gasteiger partial charge in [0.05, 0.1) is 16.2 Å². The van der Waals surface area contributed by atoms with E-state index in [1.807, 2.05) is 39.0 Å². The third kappa shape index (κ3) is 5.76. The fourth-order valence-corrected chi connectivity index (χ4v) is 3.91. The van der Waals surface area contributed by atoms with Crippen molar-refractivity contribution in [3.8, 4) is 6.07 Å². The summed E-state index contributed by atoms with van der Waals surface area (Å²) in [5.41, 5.74) is 1.49. The summed E-state index contributed by atoms with van der Waals surface area (Å²) in [6, 6.07) is 11.3. The number of nitrogens with one attached hydrogen (secondary N) is 1. The summed E-state index contributed by atoms with van der Waals surface area (Å²) >= 11 is 0. The van der Waals surface area contributed by atoms with Crippen LogP contribution in [0.1, 0.15) is 59.4 Å². The Morgan fingerprint density at radius 3 is 2.15 bits per heavy atom. The molecule has 0 radical (unpaired) electrons. The molecule has 0 aliphatic rings. The van der Waals surface area contributed by atoms with Crippen molar-refractivity contribution in [2.75, 3.05) is 23.3 Å². The molecule has 0 aliphatic heterocycles. The van der Waals surface area contributed by atoms with Crippen LogP contribution in [0.3, 0.4) is 0 Å². The molecule has 0 saturated heterocycles. The first-order valence-electron chi connectivity index (χ1n) is 11.6. The van der Waals surface area contributed by atoms with Crippen molar-refractivity contribution in [3.63, 3.8) is 0 Å². The maximum Gasteiger partial charge on any atom is 0.270 e. The molecule has 0 heterocycles. The Bertz CT molecular complexity index is 1090. The van der Waals surface area contributed by atoms with Gasteiger partial charge in [0.1, 0.15) is 17.4 Å². The molecular formula is C25H32N6O3. The topological polar surface area (TPSA) is 124 Å². The molecule has 1 amide bonds. The molecule has 0 unspecified atom stereocenters. The Kier molecular flexibility index (Phi) is 9.25. The quantitative estimate of drug-likeness (QED) is 0.220. The number of hydrogen-bond acceptors (Lipinski definition) is 7. The first-order valence-corrected chi connectivity index (χ1v) is 11.6. The number of non-ortho nitro benzene ring substituents is 1. The van der Waals surface area contributed by atoms with Crippen molar-refractivity contribution < 1.29 is 9.72 Å². The van der Waals surface area contributed by atoms with Crippen molar-refractivity contribution in [2.45, 2.75) is 53.9 Å². The van der Waals surface area contributed by atoms with E-state index in [1.165, 1.54) is 18.2 Å². The lowest BCUT2D eigenvalue weighted by molar-refractivity contribution is -0.384. The molecule has 0 saturated carbocycles. The van der Waals surface area contributed by atoms with Gasteiger partial charge in [-0.2, -0.15) is 5.26 Å². The van der Waals surface area contributed by atoms with E-state index in [0.29, 0.717) is 30.6 Å². The molecule has 0 spiro atoms. The highest BCUT2D eigenvalue weighted by Gasteiger charge is 2.33. The highest BCUT2D eigenvalue weighted by atomic mass is 16.6. The number of hydrogen-bond donors (Lipinski definition) is 1. The number of azo groups is 1. The van der Waals surface area contributed by atoms with Crippen molar-refractivity contribution >= 4 is 34.3 Å². The van der Waals surface area contributed by atoms with Gasteiger partial charge in [0.2, 0.25) is 5.91 Å². The van der Waals surface area contributed by atoms with Crippen LogP contribution in [0.25, 0.3) is 0 Å². The fraction of sp³-hybridized carbons (Fsp3) is 0.440. The highest BCUT2D eigenvalue weighted by molar-refractivity contribution is 5.98. The maximum absolute atomic E-state index is 13.3. The van der Waals surface area contributed by atoms with Gasteiger partial charge in [-0.3, -0.25) is 14.9 Å². The second-order valence-corrected chi connectivity index (χ2v) is 7.94. The molecule has 2 aromatic rings. The van der Waals surface area contributed by atoms with E-state index in [0.717, 1.165) is 18.8 Å². The molecule has 2 aromatic carbocycles. The van der Waals surface area contributed by atoms with Gasteiger partial charge in [0.25, 0.3) is 5.69 Å². The van der Waals surface area contributed by atoms with Crippen LogP contribution in [0, 0.1) is 26.9 Å². The molecule has 1 N–H and O–H groups in total. The van der Waals surface area contributed by atoms with Crippen LogP contribution in [0.2, 0.25) is 0 Å². The van der Waals surface area contributed by atoms with E-state index in [2.05, 4.69) is 34.3 Å². The molecule has 34 heavy (non-hydrogen) atoms. The molecule has 0 atom stereocenters. The van der Waals surface area contributed by atoms with Gasteiger partial charge in [0.15, 0.2) is 0 Å². The highest BCUT2D eigenvalue weighted by Crippen LogP contribution is 2.36. The van der Waals surface area contributed by atoms with Crippen molar-refractivity contribution in [1.82, 2.24) is 0 Å². The van der Waals surface area contributed by atoms with Crippen LogP contribution in [-0.4, -0.2) is 23.9 Å². The standard InChI is InChI=1S/C25H32N6O3/c1-6-25(7-2,8-3)24(32)27-23-16-19(30(9-4)10-5)11-14-22(23)29-28-21-13-12-20(31(33)34)15-18(21)17-26/h11-16H,6-10H2,1-5H3,(H,27,32). The van der Waals surface area contributed by atoms with Crippen LogP contribution in [0.15, 0.2) is 46.6 Å². The van der Waals surface area contributed by atoms with Crippen molar-refractivity contribution in [2.24, 2.45) is 15.6 Å². The summed E-state index contributed by atoms with van der Waals surface area (Å²) in [7, 11) is 0. The van der Waals surface area contributed by atoms with E-state index in [-0.39, 0.29) is 22.8 Å². The van der Waals surface area contributed by atoms with E-state index >= 15 is 0 Å². The van der Waals surface area contributed by atoms with E-state index in [4.69, 9.17) is 0 Å². The van der Waals surface area contributed by atoms with Gasteiger partial charge in [-0.1, -0.05) is 20.8 Å². The Hall–Kier alpha value is -3.80. The van der Waals surface area contributed by atoms with Gasteiger partial charge < -0.3 is 10.2 Å². The van der Waals surface area contributed by atoms with Crippen molar-refractivity contribution in [3.05, 3.63) is 52.1 Å². The number of nitro benzene ring substituents is 1. The number of anilines is 2. The van der Waals surface area contributed by atoms with Crippen LogP contribution in [0.4, 0.5) is 28.4 Å². The minimum absolute atomic E-state index is 0.0465. The van der Waals surface area contributed by atoms with E-state index < -0.39 is 10.3 Å². The van der Waals surface area contributed by atoms with Crippen LogP contribution in [-0.2, 0) is 4.79 Å². The molecule has 9 nitrogen and oxygen atoms in total. The second-order valence-electron chi connectivity index (χ2n) is 7.94. The lowest BCUT2D eigenvalue weighted by Crippen LogP contribution is -2.34. The Balaban J connectivity index is 2.52.